The number of pyridine rings is 1. The van der Waals surface area contributed by atoms with Crippen molar-refractivity contribution in [3.8, 4) is 0 Å². The zero-order valence-electron chi connectivity index (χ0n) is 22.4. The smallest absolute Gasteiger partial charge is 0.333 e. The molecule has 210 valence electrons. The normalized spacial score (nSPS) is 21.6. The molecule has 0 saturated carbocycles. The van der Waals surface area contributed by atoms with Crippen LogP contribution < -0.4 is 9.62 Å². The number of rotatable bonds is 7. The third-order valence-corrected chi connectivity index (χ3v) is 9.37. The first-order valence-corrected chi connectivity index (χ1v) is 14.2. The van der Waals surface area contributed by atoms with Crippen molar-refractivity contribution >= 4 is 27.3 Å². The summed E-state index contributed by atoms with van der Waals surface area (Å²) in [6.45, 7) is 7.97. The van der Waals surface area contributed by atoms with Gasteiger partial charge in [-0.1, -0.05) is 27.7 Å². The molecule has 0 spiro atoms. The fraction of sp³-hybridized carbons (Fsp3) is 0.640. The summed E-state index contributed by atoms with van der Waals surface area (Å²) in [6.07, 6.45) is 3.10. The van der Waals surface area contributed by atoms with Gasteiger partial charge in [-0.3, -0.25) is 14.1 Å². The minimum absolute atomic E-state index is 0.0342. The summed E-state index contributed by atoms with van der Waals surface area (Å²) in [6, 6.07) is 1.58. The van der Waals surface area contributed by atoms with Gasteiger partial charge in [0.1, 0.15) is 4.90 Å². The van der Waals surface area contributed by atoms with Crippen LogP contribution in [0.15, 0.2) is 23.4 Å². The summed E-state index contributed by atoms with van der Waals surface area (Å²) >= 11 is 0. The lowest BCUT2D eigenvalue weighted by Gasteiger charge is -2.36. The number of aliphatic hydroxyl groups is 1. The first kappa shape index (κ1) is 28.4. The Bertz CT molecular complexity index is 1290. The third kappa shape index (κ3) is 5.84. The first-order chi connectivity index (χ1) is 17.7. The number of amides is 1. The Kier molecular flexibility index (Phi) is 7.84. The maximum Gasteiger partial charge on any atom is 0.333 e. The number of carbonyl (C=O) groups excluding carboxylic acids is 1. The van der Waals surface area contributed by atoms with Gasteiger partial charge in [-0.25, -0.2) is 13.1 Å². The third-order valence-electron chi connectivity index (χ3n) is 7.49. The van der Waals surface area contributed by atoms with Gasteiger partial charge < -0.3 is 15.3 Å². The highest BCUT2D eigenvalue weighted by atomic mass is 32.2. The van der Waals surface area contributed by atoms with Crippen LogP contribution in [0.1, 0.15) is 52.1 Å². The van der Waals surface area contributed by atoms with Crippen molar-refractivity contribution in [2.75, 3.05) is 35.8 Å². The lowest BCUT2D eigenvalue weighted by Crippen LogP contribution is -2.44. The van der Waals surface area contributed by atoms with E-state index in [2.05, 4.69) is 20.3 Å². The number of likely N-dealkylation sites (tertiary alicyclic amines) is 1. The molecule has 13 heteroatoms. The number of nitrogens with one attached hydrogen (secondary N) is 1. The fourth-order valence-corrected chi connectivity index (χ4v) is 6.58. The molecule has 4 heterocycles. The Labute approximate surface area is 222 Å². The Hall–Kier alpha value is -2.64. The number of anilines is 2. The van der Waals surface area contributed by atoms with E-state index in [-0.39, 0.29) is 40.3 Å². The van der Waals surface area contributed by atoms with Crippen LogP contribution in [0.25, 0.3) is 0 Å². The minimum atomic E-state index is -4.28. The van der Waals surface area contributed by atoms with Crippen LogP contribution in [-0.4, -0.2) is 71.4 Å². The van der Waals surface area contributed by atoms with Gasteiger partial charge in [0.05, 0.1) is 41.3 Å². The highest BCUT2D eigenvalue weighted by Crippen LogP contribution is 2.37. The second-order valence-electron chi connectivity index (χ2n) is 11.4. The van der Waals surface area contributed by atoms with Crippen molar-refractivity contribution in [2.45, 2.75) is 65.0 Å². The molecule has 3 atom stereocenters. The number of aryl methyl sites for hydroxylation is 1. The Morgan fingerprint density at radius 3 is 2.58 bits per heavy atom. The number of hydrogen-bond acceptors (Lipinski definition) is 7. The Morgan fingerprint density at radius 2 is 2.00 bits per heavy atom. The number of carbonyl (C=O) groups is 1. The molecule has 2 aliphatic rings. The van der Waals surface area contributed by atoms with Crippen LogP contribution >= 0.6 is 0 Å². The van der Waals surface area contributed by atoms with Crippen molar-refractivity contribution in [2.24, 2.45) is 17.3 Å². The van der Waals surface area contributed by atoms with Gasteiger partial charge in [0.2, 0.25) is 5.91 Å². The average Bonchev–Trinajstić information content (AvgIpc) is 3.43. The number of nitrogens with zero attached hydrogens (tertiary/aromatic N) is 5. The molecule has 10 nitrogen and oxygen atoms in total. The number of hydrogen-bond donors (Lipinski definition) is 2. The van der Waals surface area contributed by atoms with Crippen LogP contribution in [0, 0.1) is 24.2 Å². The molecule has 0 aromatic carbocycles. The SMILES string of the molecule is Cc1nn(C(F)F)cc1S(=O)(=O)N1C[C@H](CN2CC[C@@H](O)C2)Cc2ncc(NC(=O)[C@@H](C)C(C)(C)C)cc21. The molecule has 1 fully saturated rings. The van der Waals surface area contributed by atoms with Crippen LogP contribution in [0.5, 0.6) is 0 Å². The quantitative estimate of drug-likeness (QED) is 0.540. The summed E-state index contributed by atoms with van der Waals surface area (Å²) in [5.74, 6) is -0.674. The molecule has 4 rings (SSSR count). The number of fused-ring (bicyclic) bond motifs is 1. The largest absolute Gasteiger partial charge is 0.392 e. The predicted molar refractivity (Wildman–Crippen MR) is 138 cm³/mol. The van der Waals surface area contributed by atoms with E-state index in [4.69, 9.17) is 0 Å². The maximum absolute atomic E-state index is 13.9. The predicted octanol–water partition coefficient (Wildman–Crippen LogP) is 3.04. The summed E-state index contributed by atoms with van der Waals surface area (Å²) in [5.41, 5.74) is 0.873. The van der Waals surface area contributed by atoms with Gasteiger partial charge in [-0.15, -0.1) is 0 Å². The lowest BCUT2D eigenvalue weighted by atomic mass is 9.81. The molecular formula is C25H36F2N6O4S. The van der Waals surface area contributed by atoms with Crippen LogP contribution in [0.4, 0.5) is 20.2 Å². The van der Waals surface area contributed by atoms with Gasteiger partial charge in [0.15, 0.2) is 0 Å². The van der Waals surface area contributed by atoms with E-state index >= 15 is 0 Å². The monoisotopic (exact) mass is 554 g/mol. The lowest BCUT2D eigenvalue weighted by molar-refractivity contribution is -0.122. The zero-order chi connectivity index (χ0) is 28.0. The zero-order valence-corrected chi connectivity index (χ0v) is 23.2. The molecule has 0 bridgehead atoms. The molecule has 38 heavy (non-hydrogen) atoms. The number of β-amino-alcohol motifs (C(OH)–C–C–N with tert-alkyl or cyclic N) is 1. The van der Waals surface area contributed by atoms with Crippen LogP contribution in [-0.2, 0) is 21.2 Å². The highest BCUT2D eigenvalue weighted by Gasteiger charge is 2.38. The van der Waals surface area contributed by atoms with Gasteiger partial charge in [-0.05, 0) is 37.2 Å². The molecule has 0 radical (unpaired) electrons. The fourth-order valence-electron chi connectivity index (χ4n) is 4.87. The number of aliphatic hydroxyl groups excluding tert-OH is 1. The Balaban J connectivity index is 1.70. The molecular weight excluding hydrogens is 518 g/mol. The molecule has 2 aromatic rings. The molecule has 2 N–H and O–H groups in total. The van der Waals surface area contributed by atoms with Gasteiger partial charge >= 0.3 is 6.55 Å². The van der Waals surface area contributed by atoms with Crippen molar-refractivity contribution < 1.29 is 27.1 Å². The standard InChI is InChI=1S/C25H36F2N6O4S/c1-15(25(3,4)5)23(35)29-18-9-21-20(28-10-18)8-17(11-31-7-6-19(34)13-31)12-33(21)38(36,37)22-14-32(24(26)27)30-16(22)2/h9-10,14-15,17,19,24,34H,6-8,11-13H2,1-5H3,(H,29,35)/t15-,17+,19-/m1/s1. The van der Waals surface area contributed by atoms with Gasteiger partial charge in [0.25, 0.3) is 10.0 Å². The van der Waals surface area contributed by atoms with Crippen molar-refractivity contribution in [3.05, 3.63) is 29.8 Å². The topological polar surface area (TPSA) is 121 Å². The molecule has 1 saturated heterocycles. The van der Waals surface area contributed by atoms with Gasteiger partial charge in [-0.2, -0.15) is 13.9 Å². The van der Waals surface area contributed by atoms with Crippen molar-refractivity contribution in [1.29, 1.82) is 0 Å². The van der Waals surface area contributed by atoms with E-state index in [9.17, 15) is 27.1 Å². The highest BCUT2D eigenvalue weighted by molar-refractivity contribution is 7.92. The number of halogens is 2. The van der Waals surface area contributed by atoms with E-state index in [0.717, 1.165) is 6.20 Å². The molecule has 1 amide bonds. The molecule has 0 unspecified atom stereocenters. The second kappa shape index (κ2) is 10.5. The molecule has 2 aliphatic heterocycles. The van der Waals surface area contributed by atoms with Crippen LogP contribution in [0.3, 0.4) is 0 Å². The number of sulfonamides is 1. The number of aromatic nitrogens is 3. The molecule has 0 aliphatic carbocycles. The summed E-state index contributed by atoms with van der Waals surface area (Å²) in [7, 11) is -4.28. The van der Waals surface area contributed by atoms with E-state index in [1.807, 2.05) is 27.7 Å². The van der Waals surface area contributed by atoms with E-state index < -0.39 is 22.7 Å². The van der Waals surface area contributed by atoms with E-state index in [1.165, 1.54) is 17.4 Å². The Morgan fingerprint density at radius 1 is 1.29 bits per heavy atom. The minimum Gasteiger partial charge on any atom is -0.392 e. The second-order valence-corrected chi connectivity index (χ2v) is 13.2. The van der Waals surface area contributed by atoms with Crippen molar-refractivity contribution in [1.82, 2.24) is 19.7 Å². The van der Waals surface area contributed by atoms with Crippen LogP contribution in [0.2, 0.25) is 0 Å². The van der Waals surface area contributed by atoms with E-state index in [0.29, 0.717) is 54.2 Å². The number of alkyl halides is 2. The summed E-state index contributed by atoms with van der Waals surface area (Å²) < 4.78 is 55.9. The summed E-state index contributed by atoms with van der Waals surface area (Å²) in [5, 5.41) is 16.5. The average molecular weight is 555 g/mol. The van der Waals surface area contributed by atoms with Gasteiger partial charge in [0, 0.05) is 32.1 Å². The summed E-state index contributed by atoms with van der Waals surface area (Å²) in [4.78, 5) is 19.1. The van der Waals surface area contributed by atoms with E-state index in [1.54, 1.807) is 6.07 Å². The first-order valence-electron chi connectivity index (χ1n) is 12.7. The van der Waals surface area contributed by atoms with Crippen molar-refractivity contribution in [3.63, 3.8) is 0 Å². The maximum atomic E-state index is 13.9. The molecule has 2 aromatic heterocycles.